The Bertz CT molecular complexity index is 4380. The van der Waals surface area contributed by atoms with Crippen LogP contribution >= 0.6 is 0 Å². The number of methoxy groups -OCH3 is 1. The lowest BCUT2D eigenvalue weighted by Crippen LogP contribution is -2.40. The molecule has 0 spiro atoms. The van der Waals surface area contributed by atoms with Gasteiger partial charge in [0.1, 0.15) is 0 Å². The molecule has 12 aromatic rings. The number of hydrogen-bond acceptors (Lipinski definition) is 17. The van der Waals surface area contributed by atoms with Gasteiger partial charge in [0.05, 0.1) is 182 Å². The zero-order valence-corrected chi connectivity index (χ0v) is 56.0. The second-order valence-electron chi connectivity index (χ2n) is 25.1. The van der Waals surface area contributed by atoms with Crippen molar-refractivity contribution >= 4 is 16.6 Å². The molecule has 498 valence electrons. The van der Waals surface area contributed by atoms with Gasteiger partial charge >= 0.3 is 0 Å². The minimum absolute atomic E-state index is 0.134. The fraction of sp³-hybridized carbons (Fsp3) is 0.478. The van der Waals surface area contributed by atoms with E-state index in [2.05, 4.69) is 143 Å². The highest BCUT2D eigenvalue weighted by Gasteiger charge is 2.24. The monoisotopic (exact) mass is 1290 g/mol. The van der Waals surface area contributed by atoms with Crippen LogP contribution in [0.4, 0.5) is 0 Å². The number of likely N-dealkylation sites (tertiary alicyclic amines) is 2. The van der Waals surface area contributed by atoms with Gasteiger partial charge in [-0.3, -0.25) is 33.0 Å². The molecule has 3 aliphatic heterocycles. The molecule has 0 bridgehead atoms. The van der Waals surface area contributed by atoms with Crippen LogP contribution in [0.25, 0.3) is 84.1 Å². The zero-order valence-electron chi connectivity index (χ0n) is 56.0. The molecule has 0 amide bonds. The fourth-order valence-corrected chi connectivity index (χ4v) is 13.3. The number of aromatic nitrogens is 21. The summed E-state index contributed by atoms with van der Waals surface area (Å²) < 4.78 is 29.0. The minimum atomic E-state index is 0.134. The van der Waals surface area contributed by atoms with Crippen molar-refractivity contribution in [2.45, 2.75) is 149 Å². The van der Waals surface area contributed by atoms with Crippen molar-refractivity contribution in [3.05, 3.63) is 130 Å². The molecule has 26 heteroatoms. The number of nitrogens with zero attached hydrogens (tertiary/aromatic N) is 23. The van der Waals surface area contributed by atoms with E-state index in [0.29, 0.717) is 30.8 Å². The average Bonchev–Trinajstić information content (AvgIpc) is 1.68. The van der Waals surface area contributed by atoms with Crippen LogP contribution in [0, 0.1) is 0 Å². The molecule has 0 unspecified atom stereocenters. The lowest BCUT2D eigenvalue weighted by Gasteiger charge is -2.23. The number of hydrogen-bond donors (Lipinski definition) is 1. The van der Waals surface area contributed by atoms with E-state index in [1.807, 2.05) is 125 Å². The summed E-state index contributed by atoms with van der Waals surface area (Å²) in [6, 6.07) is 7.18. The largest absolute Gasteiger partial charge is 0.380 e. The molecule has 15 rings (SSSR count). The van der Waals surface area contributed by atoms with Gasteiger partial charge in [0.2, 0.25) is 0 Å². The minimum Gasteiger partial charge on any atom is -0.380 e. The Labute approximate surface area is 553 Å². The second-order valence-corrected chi connectivity index (χ2v) is 25.1. The number of rotatable bonds is 24. The van der Waals surface area contributed by atoms with Gasteiger partial charge in [-0.15, -0.1) is 0 Å². The van der Waals surface area contributed by atoms with Crippen molar-refractivity contribution in [1.29, 1.82) is 0 Å². The van der Waals surface area contributed by atoms with Crippen LogP contribution in [0.15, 0.2) is 130 Å². The van der Waals surface area contributed by atoms with Crippen LogP contribution in [-0.4, -0.2) is 191 Å². The molecule has 0 radical (unpaired) electrons. The molecule has 1 N–H and O–H groups in total. The summed E-state index contributed by atoms with van der Waals surface area (Å²) in [5.41, 5.74) is 14.1. The summed E-state index contributed by atoms with van der Waals surface area (Å²) in [6.07, 6.45) is 45.7. The summed E-state index contributed by atoms with van der Waals surface area (Å²) in [5.74, 6) is 0. The number of nitrogens with one attached hydrogen (secondary N) is 1. The highest BCUT2D eigenvalue weighted by molar-refractivity contribution is 5.80. The van der Waals surface area contributed by atoms with E-state index in [1.165, 1.54) is 25.9 Å². The molecule has 95 heavy (non-hydrogen) atoms. The molecule has 0 saturated carbocycles. The molecular formula is C69H90N24O2. The standard InChI is InChI=1S/C24H32N8O.C23H30N8.C22H28N8O/c1-4-20(5-2)31-15-19(13-27-31)24-23-6-8-25-32(23)17-22(28-24)18-12-26-30(14-18)11-10-29-9-7-21(16-29)33-3;1-3-20(4-2)30-16-19(14-26-30)23-22-7-8-24-31(22)17-21(27-23)18-13-25-29(15-18)12-11-28-9-5-6-10-28;1-3-18(4-2)29-13-17(10-26-29)22-21-5-6-24-30(21)15-20(27-22)16-9-25-28(12-16)14-19-11-23-7-8-31-19/h6,8,12-15,17,20-21H,4-5,7,9-11,16H2,1-3H3;7-8,13-17,20H,3-6,9-12H2,1-2H3;5-6,9-10,12-13,15,18-19,23H,3-4,7-8,11,14H2,1-2H3/t21-;;19-/m1.1/s1. The Morgan fingerprint density at radius 1 is 0.463 bits per heavy atom. The number of fused-ring (bicyclic) bond motifs is 3. The molecule has 2 atom stereocenters. The molecule has 3 fully saturated rings. The number of ether oxygens (including phenoxy) is 2. The van der Waals surface area contributed by atoms with Crippen LogP contribution in [0.3, 0.4) is 0 Å². The van der Waals surface area contributed by atoms with Crippen LogP contribution in [0.5, 0.6) is 0 Å². The van der Waals surface area contributed by atoms with Gasteiger partial charge in [0.25, 0.3) is 0 Å². The third-order valence-corrected chi connectivity index (χ3v) is 19.0. The van der Waals surface area contributed by atoms with E-state index in [1.54, 1.807) is 13.3 Å². The lowest BCUT2D eigenvalue weighted by atomic mass is 10.1. The smallest absolute Gasteiger partial charge is 0.0999 e. The van der Waals surface area contributed by atoms with Crippen LogP contribution in [-0.2, 0) is 29.1 Å². The van der Waals surface area contributed by atoms with E-state index in [0.717, 1.165) is 188 Å². The van der Waals surface area contributed by atoms with Crippen molar-refractivity contribution in [1.82, 2.24) is 118 Å². The van der Waals surface area contributed by atoms with E-state index in [4.69, 9.17) is 24.4 Å². The summed E-state index contributed by atoms with van der Waals surface area (Å²) >= 11 is 0. The molecular weight excluding hydrogens is 1200 g/mol. The summed E-state index contributed by atoms with van der Waals surface area (Å²) in [6.45, 7) is 24.6. The zero-order chi connectivity index (χ0) is 65.2. The van der Waals surface area contributed by atoms with Gasteiger partial charge in [0, 0.05) is 117 Å². The quantitative estimate of drug-likeness (QED) is 0.0592. The SMILES string of the molecule is CCC(CC)n1cc(-c2nc(-c3cnn(CCN4CCCC4)c3)cn3nccc23)cn1.CCC(CC)n1cc(-c2nc(-c3cnn(CCN4CC[C@@H](OC)C4)c3)cn3nccc23)cn1.CCC(CC)n1cc(-c2nc(-c3cnn(C[C@H]4CNCCO4)c3)cn3nccc23)cn1. The predicted molar refractivity (Wildman–Crippen MR) is 365 cm³/mol. The summed E-state index contributed by atoms with van der Waals surface area (Å²) in [5, 5.41) is 44.3. The molecule has 3 aliphatic rings. The van der Waals surface area contributed by atoms with E-state index in [9.17, 15) is 0 Å². The van der Waals surface area contributed by atoms with Crippen LogP contribution in [0.2, 0.25) is 0 Å². The first kappa shape index (κ1) is 64.6. The van der Waals surface area contributed by atoms with Crippen LogP contribution < -0.4 is 5.32 Å². The first-order chi connectivity index (χ1) is 46.7. The van der Waals surface area contributed by atoms with E-state index < -0.39 is 0 Å². The molecule has 0 aromatic carbocycles. The van der Waals surface area contributed by atoms with Crippen molar-refractivity contribution in [3.63, 3.8) is 0 Å². The third-order valence-electron chi connectivity index (χ3n) is 19.0. The first-order valence-corrected chi connectivity index (χ1v) is 34.2. The Morgan fingerprint density at radius 2 is 0.874 bits per heavy atom. The van der Waals surface area contributed by atoms with Crippen molar-refractivity contribution in [2.75, 3.05) is 66.1 Å². The van der Waals surface area contributed by atoms with Gasteiger partial charge in [-0.25, -0.2) is 28.5 Å². The average molecular weight is 1290 g/mol. The Morgan fingerprint density at radius 3 is 1.27 bits per heavy atom. The fourth-order valence-electron chi connectivity index (χ4n) is 13.3. The van der Waals surface area contributed by atoms with Gasteiger partial charge in [-0.2, -0.15) is 45.9 Å². The Hall–Kier alpha value is -9.08. The Balaban J connectivity index is 0.000000129. The maximum atomic E-state index is 5.80. The second kappa shape index (κ2) is 30.1. The van der Waals surface area contributed by atoms with Crippen molar-refractivity contribution in [3.8, 4) is 67.5 Å². The maximum Gasteiger partial charge on any atom is 0.0999 e. The summed E-state index contributed by atoms with van der Waals surface area (Å²) in [4.78, 5) is 19.9. The predicted octanol–water partition coefficient (Wildman–Crippen LogP) is 10.3. The van der Waals surface area contributed by atoms with Gasteiger partial charge in [0.15, 0.2) is 0 Å². The maximum absolute atomic E-state index is 5.80. The molecule has 26 nitrogen and oxygen atoms in total. The molecule has 3 saturated heterocycles. The van der Waals surface area contributed by atoms with Gasteiger partial charge in [-0.1, -0.05) is 41.5 Å². The van der Waals surface area contributed by atoms with E-state index in [-0.39, 0.29) is 6.10 Å². The van der Waals surface area contributed by atoms with Crippen molar-refractivity contribution in [2.24, 2.45) is 0 Å². The highest BCUT2D eigenvalue weighted by Crippen LogP contribution is 2.32. The molecule has 12 aromatic heterocycles. The summed E-state index contributed by atoms with van der Waals surface area (Å²) in [7, 11) is 1.79. The topological polar surface area (TPSA) is 234 Å². The molecule has 15 heterocycles. The number of morpholine rings is 1. The first-order valence-electron chi connectivity index (χ1n) is 34.2. The normalized spacial score (nSPS) is 16.4. The lowest BCUT2D eigenvalue weighted by molar-refractivity contribution is 0.0161. The van der Waals surface area contributed by atoms with Crippen molar-refractivity contribution < 1.29 is 9.47 Å². The van der Waals surface area contributed by atoms with Gasteiger partial charge < -0.3 is 19.7 Å². The van der Waals surface area contributed by atoms with Gasteiger partial charge in [-0.05, 0) is 89.1 Å². The van der Waals surface area contributed by atoms with E-state index >= 15 is 0 Å². The third kappa shape index (κ3) is 14.8. The highest BCUT2D eigenvalue weighted by atomic mass is 16.5. The molecule has 0 aliphatic carbocycles. The van der Waals surface area contributed by atoms with Crippen LogP contribution in [0.1, 0.15) is 117 Å². The Kier molecular flexibility index (Phi) is 20.5.